The van der Waals surface area contributed by atoms with Gasteiger partial charge in [0.1, 0.15) is 18.3 Å². The van der Waals surface area contributed by atoms with Crippen LogP contribution in [0.15, 0.2) is 17.1 Å². The summed E-state index contributed by atoms with van der Waals surface area (Å²) < 4.78 is 33.6. The van der Waals surface area contributed by atoms with Gasteiger partial charge in [-0.3, -0.25) is 4.57 Å². The first kappa shape index (κ1) is 27.5. The third-order valence-corrected chi connectivity index (χ3v) is 17.3. The zero-order valence-electron chi connectivity index (χ0n) is 22.0. The van der Waals surface area contributed by atoms with Crippen molar-refractivity contribution in [2.75, 3.05) is 13.2 Å². The van der Waals surface area contributed by atoms with Crippen molar-refractivity contribution in [2.24, 2.45) is 0 Å². The molecule has 3 heterocycles. The van der Waals surface area contributed by atoms with Gasteiger partial charge in [-0.05, 0) is 29.1 Å². The Kier molecular flexibility index (Phi) is 8.49. The Morgan fingerprint density at radius 2 is 1.68 bits per heavy atom. The molecule has 0 amide bonds. The van der Waals surface area contributed by atoms with Crippen LogP contribution >= 0.6 is 0 Å². The van der Waals surface area contributed by atoms with Crippen molar-refractivity contribution in [3.63, 3.8) is 0 Å². The molecular formula is C23H42N2O7Si2. The lowest BCUT2D eigenvalue weighted by Crippen LogP contribution is -2.65. The van der Waals surface area contributed by atoms with Gasteiger partial charge in [-0.1, -0.05) is 55.4 Å². The molecule has 0 aromatic carbocycles. The molecule has 4 atom stereocenters. The highest BCUT2D eigenvalue weighted by molar-refractivity contribution is 6.83. The fourth-order valence-corrected chi connectivity index (χ4v) is 16.4. The number of rotatable bonds is 7. The molecular weight excluding hydrogens is 472 g/mol. The summed E-state index contributed by atoms with van der Waals surface area (Å²) in [6.07, 6.45) is -1.68. The summed E-state index contributed by atoms with van der Waals surface area (Å²) in [6, 6.07) is 1.60. The van der Waals surface area contributed by atoms with Gasteiger partial charge in [0, 0.05) is 12.3 Å². The van der Waals surface area contributed by atoms with Crippen LogP contribution in [0.25, 0.3) is 0 Å². The Bertz CT molecular complexity index is 876. The molecule has 0 aliphatic carbocycles. The van der Waals surface area contributed by atoms with Gasteiger partial charge in [-0.25, -0.2) is 4.79 Å². The van der Waals surface area contributed by atoms with Gasteiger partial charge in [0.05, 0.1) is 13.2 Å². The highest BCUT2D eigenvalue weighted by Crippen LogP contribution is 2.48. The standard InChI is InChI=1S/C23H42N2O7Si2/c1-10-28-19-11-12-25(23(27)24-19)22-20(26)21-18(30-22)13-29-33(14(2)3,15(4)5)32-34(31-21,16(6)7)17(8)9/h11-12,14-18,20-22,26H,10,13H2,1-9H3/t18-,20+,21?,22-/m1/s1. The van der Waals surface area contributed by atoms with Gasteiger partial charge in [-0.2, -0.15) is 4.98 Å². The number of hydrogen-bond donors (Lipinski definition) is 1. The summed E-state index contributed by atoms with van der Waals surface area (Å²) in [4.78, 5) is 16.7. The lowest BCUT2D eigenvalue weighted by molar-refractivity contribution is -0.0601. The fourth-order valence-electron chi connectivity index (χ4n) is 5.19. The van der Waals surface area contributed by atoms with Gasteiger partial charge in [0.2, 0.25) is 5.88 Å². The maximum absolute atomic E-state index is 12.7. The van der Waals surface area contributed by atoms with Gasteiger partial charge >= 0.3 is 22.8 Å². The van der Waals surface area contributed by atoms with Crippen LogP contribution in [0.5, 0.6) is 5.88 Å². The average molecular weight is 515 g/mol. The van der Waals surface area contributed by atoms with Gasteiger partial charge in [0.25, 0.3) is 0 Å². The Balaban J connectivity index is 2.03. The number of aliphatic hydroxyl groups is 1. The Labute approximate surface area is 205 Å². The average Bonchev–Trinajstić information content (AvgIpc) is 3.02. The minimum Gasteiger partial charge on any atom is -0.478 e. The predicted octanol–water partition coefficient (Wildman–Crippen LogP) is 3.86. The van der Waals surface area contributed by atoms with Crippen LogP contribution in [0.3, 0.4) is 0 Å². The van der Waals surface area contributed by atoms with Gasteiger partial charge in [0.15, 0.2) is 6.23 Å². The van der Waals surface area contributed by atoms with E-state index in [0.29, 0.717) is 6.61 Å². The van der Waals surface area contributed by atoms with E-state index in [9.17, 15) is 9.90 Å². The van der Waals surface area contributed by atoms with Crippen molar-refractivity contribution in [2.45, 2.75) is 109 Å². The van der Waals surface area contributed by atoms with Crippen LogP contribution in [0.4, 0.5) is 0 Å². The molecule has 2 saturated heterocycles. The largest absolute Gasteiger partial charge is 0.478 e. The van der Waals surface area contributed by atoms with Crippen LogP contribution < -0.4 is 10.4 Å². The van der Waals surface area contributed by atoms with E-state index in [0.717, 1.165) is 0 Å². The van der Waals surface area contributed by atoms with Gasteiger partial charge < -0.3 is 27.5 Å². The highest BCUT2D eigenvalue weighted by Gasteiger charge is 2.61. The smallest absolute Gasteiger partial charge is 0.353 e. The maximum atomic E-state index is 12.7. The van der Waals surface area contributed by atoms with Crippen LogP contribution in [0.2, 0.25) is 22.2 Å². The summed E-state index contributed by atoms with van der Waals surface area (Å²) in [6.45, 7) is 19.6. The van der Waals surface area contributed by atoms with E-state index in [1.54, 1.807) is 12.3 Å². The van der Waals surface area contributed by atoms with Crippen molar-refractivity contribution in [1.29, 1.82) is 0 Å². The molecule has 1 aromatic heterocycles. The molecule has 1 aromatic rings. The molecule has 11 heteroatoms. The van der Waals surface area contributed by atoms with E-state index < -0.39 is 47.4 Å². The van der Waals surface area contributed by atoms with E-state index >= 15 is 0 Å². The van der Waals surface area contributed by atoms with E-state index in [1.807, 2.05) is 6.92 Å². The molecule has 0 spiro atoms. The quantitative estimate of drug-likeness (QED) is 0.548. The fraction of sp³-hybridized carbons (Fsp3) is 0.826. The number of fused-ring (bicyclic) bond motifs is 1. The first-order valence-corrected chi connectivity index (χ1v) is 16.4. The second-order valence-corrected chi connectivity index (χ2v) is 19.3. The zero-order valence-corrected chi connectivity index (χ0v) is 24.0. The third kappa shape index (κ3) is 4.80. The summed E-state index contributed by atoms with van der Waals surface area (Å²) in [5.41, 5.74) is 0.112. The molecule has 2 aliphatic heterocycles. The molecule has 9 nitrogen and oxygen atoms in total. The Hall–Kier alpha value is -1.09. The summed E-state index contributed by atoms with van der Waals surface area (Å²) in [5.74, 6) is 0.242. The summed E-state index contributed by atoms with van der Waals surface area (Å²) in [7, 11) is -5.61. The SMILES string of the molecule is CCOc1ccn([C@@H]2O[C@@H]3CO[Si](C(C)C)(C(C)C)O[Si](C(C)C)(C(C)C)OC3[C@@H]2O)c(=O)n1. The maximum Gasteiger partial charge on any atom is 0.353 e. The van der Waals surface area contributed by atoms with Gasteiger partial charge in [-0.15, -0.1) is 0 Å². The van der Waals surface area contributed by atoms with Crippen molar-refractivity contribution < 1.29 is 27.5 Å². The molecule has 1 N–H and O–H groups in total. The topological polar surface area (TPSA) is 101 Å². The number of aromatic nitrogens is 2. The Morgan fingerprint density at radius 3 is 2.18 bits per heavy atom. The van der Waals surface area contributed by atoms with E-state index in [-0.39, 0.29) is 34.7 Å². The molecule has 3 rings (SSSR count). The van der Waals surface area contributed by atoms with E-state index in [1.165, 1.54) is 4.57 Å². The van der Waals surface area contributed by atoms with Crippen LogP contribution in [0, 0.1) is 0 Å². The normalized spacial score (nSPS) is 28.9. The number of ether oxygens (including phenoxy) is 2. The summed E-state index contributed by atoms with van der Waals surface area (Å²) in [5, 5.41) is 11.3. The van der Waals surface area contributed by atoms with Crippen LogP contribution in [-0.4, -0.2) is 63.3 Å². The molecule has 2 aliphatic rings. The number of hydrogen-bond acceptors (Lipinski definition) is 8. The number of aliphatic hydroxyl groups excluding tert-OH is 1. The highest BCUT2D eigenvalue weighted by atomic mass is 28.5. The minimum atomic E-state index is -2.90. The zero-order chi connectivity index (χ0) is 25.4. The second kappa shape index (κ2) is 10.5. The second-order valence-electron chi connectivity index (χ2n) is 10.5. The molecule has 2 fully saturated rings. The van der Waals surface area contributed by atoms with Crippen molar-refractivity contribution in [3.05, 3.63) is 22.7 Å². The van der Waals surface area contributed by atoms with E-state index in [2.05, 4.69) is 60.4 Å². The van der Waals surface area contributed by atoms with Crippen molar-refractivity contribution >= 4 is 17.1 Å². The first-order chi connectivity index (χ1) is 15.9. The predicted molar refractivity (Wildman–Crippen MR) is 133 cm³/mol. The molecule has 34 heavy (non-hydrogen) atoms. The van der Waals surface area contributed by atoms with E-state index in [4.69, 9.17) is 22.4 Å². The van der Waals surface area contributed by atoms with Crippen molar-refractivity contribution in [3.8, 4) is 5.88 Å². The van der Waals surface area contributed by atoms with Crippen molar-refractivity contribution in [1.82, 2.24) is 9.55 Å². The third-order valence-electron chi connectivity index (χ3n) is 7.01. The molecule has 1 unspecified atom stereocenters. The first-order valence-electron chi connectivity index (χ1n) is 12.5. The van der Waals surface area contributed by atoms with Crippen LogP contribution in [-0.2, 0) is 17.7 Å². The monoisotopic (exact) mass is 514 g/mol. The number of nitrogens with zero attached hydrogens (tertiary/aromatic N) is 2. The molecule has 0 bridgehead atoms. The summed E-state index contributed by atoms with van der Waals surface area (Å²) >= 11 is 0. The van der Waals surface area contributed by atoms with Crippen LogP contribution in [0.1, 0.15) is 68.5 Å². The Morgan fingerprint density at radius 1 is 1.09 bits per heavy atom. The molecule has 0 saturated carbocycles. The lowest BCUT2D eigenvalue weighted by Gasteiger charge is -2.51. The minimum absolute atomic E-state index is 0.125. The molecule has 194 valence electrons. The lowest BCUT2D eigenvalue weighted by atomic mass is 10.1. The molecule has 0 radical (unpaired) electrons.